The van der Waals surface area contributed by atoms with Crippen LogP contribution in [0, 0.1) is 5.41 Å². The molecule has 0 aliphatic heterocycles. The summed E-state index contributed by atoms with van der Waals surface area (Å²) in [6, 6.07) is 5.21. The number of rotatable bonds is 7. The van der Waals surface area contributed by atoms with E-state index in [1.54, 1.807) is 25.3 Å². The van der Waals surface area contributed by atoms with Gasteiger partial charge in [-0.25, -0.2) is 0 Å². The van der Waals surface area contributed by atoms with Gasteiger partial charge in [0.2, 0.25) is 0 Å². The maximum Gasteiger partial charge on any atom is 0.291 e. The van der Waals surface area contributed by atoms with Crippen molar-refractivity contribution in [1.29, 1.82) is 0 Å². The van der Waals surface area contributed by atoms with Gasteiger partial charge in [-0.15, -0.1) is 0 Å². The van der Waals surface area contributed by atoms with Gasteiger partial charge in [0.05, 0.1) is 27.6 Å². The van der Waals surface area contributed by atoms with E-state index < -0.39 is 5.56 Å². The van der Waals surface area contributed by atoms with Crippen molar-refractivity contribution < 1.29 is 4.74 Å². The lowest BCUT2D eigenvalue weighted by Gasteiger charge is -2.25. The fourth-order valence-electron chi connectivity index (χ4n) is 2.18. The lowest BCUT2D eigenvalue weighted by Crippen LogP contribution is -2.25. The zero-order valence-electron chi connectivity index (χ0n) is 14.3. The Morgan fingerprint density at radius 1 is 1.24 bits per heavy atom. The number of benzene rings is 1. The normalized spacial score (nSPS) is 11.6. The van der Waals surface area contributed by atoms with E-state index in [-0.39, 0.29) is 15.5 Å². The van der Waals surface area contributed by atoms with Crippen LogP contribution in [-0.4, -0.2) is 30.0 Å². The lowest BCUT2D eigenvalue weighted by atomic mass is 9.89. The number of anilines is 1. The van der Waals surface area contributed by atoms with E-state index in [0.29, 0.717) is 17.3 Å². The van der Waals surface area contributed by atoms with Crippen molar-refractivity contribution in [2.24, 2.45) is 5.41 Å². The smallest absolute Gasteiger partial charge is 0.291 e. The molecule has 0 radical (unpaired) electrons. The van der Waals surface area contributed by atoms with Crippen molar-refractivity contribution in [2.75, 3.05) is 25.6 Å². The minimum atomic E-state index is -0.494. The van der Waals surface area contributed by atoms with Crippen LogP contribution in [0.2, 0.25) is 15.1 Å². The SMILES string of the molecule is COCCC(C)(C)CNc1ccc(-n2ncc(Cl)c(Cl)c2=O)cc1Cl. The van der Waals surface area contributed by atoms with Gasteiger partial charge >= 0.3 is 0 Å². The lowest BCUT2D eigenvalue weighted by molar-refractivity contribution is 0.157. The van der Waals surface area contributed by atoms with Crippen molar-refractivity contribution in [3.63, 3.8) is 0 Å². The first kappa shape index (κ1) is 20.0. The molecule has 0 aliphatic rings. The average Bonchev–Trinajstić information content (AvgIpc) is 2.57. The first-order valence-electron chi connectivity index (χ1n) is 7.71. The predicted octanol–water partition coefficient (Wildman–Crippen LogP) is 4.67. The fraction of sp³-hybridized carbons (Fsp3) is 0.412. The highest BCUT2D eigenvalue weighted by molar-refractivity contribution is 6.41. The molecule has 1 aromatic heterocycles. The predicted molar refractivity (Wildman–Crippen MR) is 104 cm³/mol. The van der Waals surface area contributed by atoms with Gasteiger partial charge in [-0.2, -0.15) is 9.78 Å². The van der Waals surface area contributed by atoms with Crippen molar-refractivity contribution in [3.8, 4) is 5.69 Å². The molecule has 0 amide bonds. The summed E-state index contributed by atoms with van der Waals surface area (Å²) < 4.78 is 6.29. The first-order chi connectivity index (χ1) is 11.7. The molecule has 0 saturated carbocycles. The summed E-state index contributed by atoms with van der Waals surface area (Å²) in [6.07, 6.45) is 2.25. The van der Waals surface area contributed by atoms with E-state index in [0.717, 1.165) is 23.3 Å². The average molecular weight is 405 g/mol. The van der Waals surface area contributed by atoms with Gasteiger partial charge in [-0.05, 0) is 30.0 Å². The molecule has 8 heteroatoms. The van der Waals surface area contributed by atoms with Crippen LogP contribution in [0.25, 0.3) is 5.69 Å². The summed E-state index contributed by atoms with van der Waals surface area (Å²) in [7, 11) is 1.69. The topological polar surface area (TPSA) is 56.1 Å². The monoisotopic (exact) mass is 403 g/mol. The van der Waals surface area contributed by atoms with Crippen LogP contribution >= 0.6 is 34.8 Å². The maximum absolute atomic E-state index is 12.2. The molecule has 5 nitrogen and oxygen atoms in total. The Balaban J connectivity index is 2.19. The third kappa shape index (κ3) is 5.11. The first-order valence-corrected chi connectivity index (χ1v) is 8.84. The third-order valence-electron chi connectivity index (χ3n) is 3.81. The molecule has 0 bridgehead atoms. The van der Waals surface area contributed by atoms with Crippen molar-refractivity contribution in [2.45, 2.75) is 20.3 Å². The van der Waals surface area contributed by atoms with E-state index >= 15 is 0 Å². The second-order valence-corrected chi connectivity index (χ2v) is 7.64. The highest BCUT2D eigenvalue weighted by Gasteiger charge is 2.18. The van der Waals surface area contributed by atoms with E-state index in [1.807, 2.05) is 0 Å². The van der Waals surface area contributed by atoms with Crippen LogP contribution in [0.4, 0.5) is 5.69 Å². The molecular weight excluding hydrogens is 385 g/mol. The molecule has 0 fully saturated rings. The Morgan fingerprint density at radius 2 is 1.96 bits per heavy atom. The van der Waals surface area contributed by atoms with Crippen molar-refractivity contribution in [3.05, 3.63) is 49.8 Å². The summed E-state index contributed by atoms with van der Waals surface area (Å²) in [6.45, 7) is 5.74. The molecular formula is C17H20Cl3N3O2. The Labute approximate surface area is 161 Å². The number of nitrogens with one attached hydrogen (secondary N) is 1. The number of hydrogen-bond acceptors (Lipinski definition) is 4. The van der Waals surface area contributed by atoms with Crippen LogP contribution in [0.3, 0.4) is 0 Å². The van der Waals surface area contributed by atoms with Gasteiger partial charge in [0, 0.05) is 20.3 Å². The zero-order valence-corrected chi connectivity index (χ0v) is 16.5. The van der Waals surface area contributed by atoms with Gasteiger partial charge in [-0.1, -0.05) is 48.7 Å². The van der Waals surface area contributed by atoms with Crippen LogP contribution in [0.1, 0.15) is 20.3 Å². The molecule has 2 aromatic rings. The number of halogens is 3. The zero-order chi connectivity index (χ0) is 18.6. The molecule has 0 atom stereocenters. The van der Waals surface area contributed by atoms with Crippen molar-refractivity contribution >= 4 is 40.5 Å². The molecule has 0 aliphatic carbocycles. The minimum absolute atomic E-state index is 0.0558. The highest BCUT2D eigenvalue weighted by Crippen LogP contribution is 2.27. The quantitative estimate of drug-likeness (QED) is 0.729. The van der Waals surface area contributed by atoms with Crippen LogP contribution in [0.15, 0.2) is 29.2 Å². The largest absolute Gasteiger partial charge is 0.385 e. The van der Waals surface area contributed by atoms with E-state index in [9.17, 15) is 4.79 Å². The summed E-state index contributed by atoms with van der Waals surface area (Å²) in [5.74, 6) is 0. The van der Waals surface area contributed by atoms with Gasteiger partial charge < -0.3 is 10.1 Å². The maximum atomic E-state index is 12.2. The second-order valence-electron chi connectivity index (χ2n) is 6.45. The molecule has 0 spiro atoms. The molecule has 136 valence electrons. The van der Waals surface area contributed by atoms with Gasteiger partial charge in [0.1, 0.15) is 5.02 Å². The van der Waals surface area contributed by atoms with E-state index in [2.05, 4.69) is 24.3 Å². The van der Waals surface area contributed by atoms with Crippen LogP contribution in [0.5, 0.6) is 0 Å². The standard InChI is InChI=1S/C17H20Cl3N3O2/c1-17(2,6-7-25-3)10-21-14-5-4-11(8-12(14)18)23-16(24)15(20)13(19)9-22-23/h4-5,8-9,21H,6-7,10H2,1-3H3. The Morgan fingerprint density at radius 3 is 2.60 bits per heavy atom. The molecule has 25 heavy (non-hydrogen) atoms. The summed E-state index contributed by atoms with van der Waals surface area (Å²) >= 11 is 18.0. The number of aromatic nitrogens is 2. The molecule has 0 unspecified atom stereocenters. The molecule has 1 aromatic carbocycles. The summed E-state index contributed by atoms with van der Waals surface area (Å²) in [5, 5.41) is 7.85. The Hall–Kier alpha value is -1.27. The fourth-order valence-corrected chi connectivity index (χ4v) is 2.67. The minimum Gasteiger partial charge on any atom is -0.385 e. The summed E-state index contributed by atoms with van der Waals surface area (Å²) in [5.41, 5.74) is 0.855. The molecule has 2 rings (SSSR count). The third-order valence-corrected chi connectivity index (χ3v) is 4.88. The van der Waals surface area contributed by atoms with E-state index in [1.165, 1.54) is 6.20 Å². The Bertz CT molecular complexity index is 806. The number of methoxy groups -OCH3 is 1. The van der Waals surface area contributed by atoms with Crippen LogP contribution < -0.4 is 10.9 Å². The summed E-state index contributed by atoms with van der Waals surface area (Å²) in [4.78, 5) is 12.2. The second kappa shape index (κ2) is 8.41. The number of nitrogens with zero attached hydrogens (tertiary/aromatic N) is 2. The van der Waals surface area contributed by atoms with Gasteiger partial charge in [0.15, 0.2) is 0 Å². The Kier molecular flexibility index (Phi) is 6.74. The molecule has 1 heterocycles. The number of ether oxygens (including phenoxy) is 1. The number of hydrogen-bond donors (Lipinski definition) is 1. The van der Waals surface area contributed by atoms with E-state index in [4.69, 9.17) is 39.5 Å². The van der Waals surface area contributed by atoms with Gasteiger partial charge in [0.25, 0.3) is 5.56 Å². The molecule has 1 N–H and O–H groups in total. The van der Waals surface area contributed by atoms with Crippen molar-refractivity contribution in [1.82, 2.24) is 9.78 Å². The molecule has 0 saturated heterocycles. The van der Waals surface area contributed by atoms with Crippen LogP contribution in [-0.2, 0) is 4.74 Å². The highest BCUT2D eigenvalue weighted by atomic mass is 35.5. The van der Waals surface area contributed by atoms with Gasteiger partial charge in [-0.3, -0.25) is 4.79 Å².